The molecule has 0 spiro atoms. The molecule has 1 fully saturated rings. The van der Waals surface area contributed by atoms with Crippen LogP contribution in [-0.2, 0) is 14.8 Å². The first kappa shape index (κ1) is 18.6. The van der Waals surface area contributed by atoms with Crippen molar-refractivity contribution in [3.05, 3.63) is 53.9 Å². The minimum Gasteiger partial charge on any atom is -0.478 e. The van der Waals surface area contributed by atoms with E-state index in [4.69, 9.17) is 4.74 Å². The van der Waals surface area contributed by atoms with E-state index >= 15 is 0 Å². The number of fused-ring (bicyclic) bond motifs is 1. The summed E-state index contributed by atoms with van der Waals surface area (Å²) in [6, 6.07) is 11.6. The Labute approximate surface area is 162 Å². The Bertz CT molecular complexity index is 1160. The predicted octanol–water partition coefficient (Wildman–Crippen LogP) is 2.05. The lowest BCUT2D eigenvalue weighted by Crippen LogP contribution is -2.40. The van der Waals surface area contributed by atoms with Crippen LogP contribution in [0.15, 0.2) is 47.4 Å². The Morgan fingerprint density at radius 2 is 1.86 bits per heavy atom. The Hall–Kier alpha value is -2.75. The molecule has 0 aliphatic carbocycles. The van der Waals surface area contributed by atoms with Gasteiger partial charge in [-0.3, -0.25) is 4.57 Å². The number of carbonyl (C=O) groups is 1. The number of para-hydroxylation sites is 2. The molecule has 0 radical (unpaired) electrons. The highest BCUT2D eigenvalue weighted by Crippen LogP contribution is 2.26. The molecule has 0 saturated carbocycles. The van der Waals surface area contributed by atoms with E-state index in [1.54, 1.807) is 11.5 Å². The first-order chi connectivity index (χ1) is 13.4. The fraction of sp³-hybridized carbons (Fsp3) is 0.263. The van der Waals surface area contributed by atoms with Gasteiger partial charge in [-0.25, -0.2) is 18.2 Å². The number of nitrogens with zero attached hydrogens (tertiary/aromatic N) is 3. The number of hydrogen-bond donors (Lipinski definition) is 1. The van der Waals surface area contributed by atoms with Crippen molar-refractivity contribution in [1.82, 2.24) is 13.9 Å². The largest absolute Gasteiger partial charge is 0.478 e. The minimum absolute atomic E-state index is 0.0542. The highest BCUT2D eigenvalue weighted by Gasteiger charge is 2.28. The van der Waals surface area contributed by atoms with Crippen LogP contribution in [-0.4, -0.2) is 59.7 Å². The molecule has 1 aliphatic rings. The number of sulfonamides is 1. The van der Waals surface area contributed by atoms with E-state index in [0.717, 1.165) is 11.0 Å². The maximum absolute atomic E-state index is 13.1. The van der Waals surface area contributed by atoms with Gasteiger partial charge in [0.15, 0.2) is 0 Å². The Balaban J connectivity index is 1.91. The van der Waals surface area contributed by atoms with Crippen molar-refractivity contribution in [2.75, 3.05) is 26.3 Å². The van der Waals surface area contributed by atoms with E-state index < -0.39 is 16.0 Å². The van der Waals surface area contributed by atoms with Crippen LogP contribution in [0.3, 0.4) is 0 Å². The summed E-state index contributed by atoms with van der Waals surface area (Å²) >= 11 is 0. The lowest BCUT2D eigenvalue weighted by Gasteiger charge is -2.26. The van der Waals surface area contributed by atoms with Crippen LogP contribution in [0.2, 0.25) is 0 Å². The van der Waals surface area contributed by atoms with Gasteiger partial charge in [0.05, 0.1) is 34.7 Å². The highest BCUT2D eigenvalue weighted by atomic mass is 32.2. The number of aryl methyl sites for hydroxylation is 1. The van der Waals surface area contributed by atoms with Gasteiger partial charge in [0.25, 0.3) is 0 Å². The smallest absolute Gasteiger partial charge is 0.335 e. The van der Waals surface area contributed by atoms with Crippen molar-refractivity contribution in [3.8, 4) is 5.69 Å². The summed E-state index contributed by atoms with van der Waals surface area (Å²) in [7, 11) is -3.84. The third kappa shape index (κ3) is 3.17. The Kier molecular flexibility index (Phi) is 4.66. The summed E-state index contributed by atoms with van der Waals surface area (Å²) in [5.74, 6) is -0.555. The summed E-state index contributed by atoms with van der Waals surface area (Å²) in [5, 5.41) is 9.54. The summed E-state index contributed by atoms with van der Waals surface area (Å²) in [5.41, 5.74) is 1.87. The standard InChI is InChI=1S/C19H19N3O5S/c1-13-20-17-4-2-3-5-18(17)22(13)15-10-14(19(23)24)11-16(12-15)28(25,26)21-6-8-27-9-7-21/h2-5,10-12H,6-9H2,1H3,(H,23,24). The maximum Gasteiger partial charge on any atom is 0.335 e. The van der Waals surface area contributed by atoms with Crippen LogP contribution in [0.25, 0.3) is 16.7 Å². The van der Waals surface area contributed by atoms with Crippen LogP contribution in [0.4, 0.5) is 0 Å². The van der Waals surface area contributed by atoms with Crippen molar-refractivity contribution in [1.29, 1.82) is 0 Å². The second-order valence-corrected chi connectivity index (χ2v) is 8.46. The lowest BCUT2D eigenvalue weighted by molar-refractivity contribution is 0.0696. The average Bonchev–Trinajstić information content (AvgIpc) is 3.04. The Morgan fingerprint density at radius 3 is 2.57 bits per heavy atom. The van der Waals surface area contributed by atoms with Gasteiger partial charge in [-0.2, -0.15) is 4.31 Å². The number of aromatic carboxylic acids is 1. The van der Waals surface area contributed by atoms with Crippen molar-refractivity contribution in [2.24, 2.45) is 0 Å². The summed E-state index contributed by atoms with van der Waals surface area (Å²) in [6.45, 7) is 2.90. The van der Waals surface area contributed by atoms with Crippen molar-refractivity contribution in [3.63, 3.8) is 0 Å². The number of rotatable bonds is 4. The van der Waals surface area contributed by atoms with Crippen LogP contribution in [0.5, 0.6) is 0 Å². The van der Waals surface area contributed by atoms with Gasteiger partial charge in [0, 0.05) is 18.8 Å². The van der Waals surface area contributed by atoms with Crippen molar-refractivity contribution >= 4 is 27.0 Å². The first-order valence-electron chi connectivity index (χ1n) is 8.79. The number of imidazole rings is 1. The van der Waals surface area contributed by atoms with E-state index in [1.165, 1.54) is 22.5 Å². The van der Waals surface area contributed by atoms with Crippen molar-refractivity contribution < 1.29 is 23.1 Å². The average molecular weight is 401 g/mol. The molecule has 1 N–H and O–H groups in total. The molecule has 2 heterocycles. The molecule has 2 aromatic carbocycles. The maximum atomic E-state index is 13.1. The van der Waals surface area contributed by atoms with Gasteiger partial charge in [-0.05, 0) is 37.3 Å². The van der Waals surface area contributed by atoms with E-state index in [1.807, 2.05) is 24.3 Å². The number of aromatic nitrogens is 2. The summed E-state index contributed by atoms with van der Waals surface area (Å²) in [6.07, 6.45) is 0. The zero-order valence-corrected chi connectivity index (χ0v) is 16.0. The Morgan fingerprint density at radius 1 is 1.14 bits per heavy atom. The number of hydrogen-bond acceptors (Lipinski definition) is 5. The zero-order chi connectivity index (χ0) is 19.9. The van der Waals surface area contributed by atoms with Gasteiger partial charge in [0.1, 0.15) is 5.82 Å². The molecule has 28 heavy (non-hydrogen) atoms. The third-order valence-corrected chi connectivity index (χ3v) is 6.61. The highest BCUT2D eigenvalue weighted by molar-refractivity contribution is 7.89. The van der Waals surface area contributed by atoms with Gasteiger partial charge >= 0.3 is 5.97 Å². The van der Waals surface area contributed by atoms with E-state index in [-0.39, 0.29) is 23.5 Å². The van der Waals surface area contributed by atoms with Crippen LogP contribution in [0.1, 0.15) is 16.2 Å². The second kappa shape index (κ2) is 7.01. The van der Waals surface area contributed by atoms with E-state index in [9.17, 15) is 18.3 Å². The second-order valence-electron chi connectivity index (χ2n) is 6.52. The number of benzene rings is 2. The summed E-state index contributed by atoms with van der Waals surface area (Å²) < 4.78 is 34.5. The topological polar surface area (TPSA) is 102 Å². The summed E-state index contributed by atoms with van der Waals surface area (Å²) in [4.78, 5) is 16.1. The van der Waals surface area contributed by atoms with Gasteiger partial charge in [0.2, 0.25) is 10.0 Å². The molecule has 1 aromatic heterocycles. The monoisotopic (exact) mass is 401 g/mol. The molecule has 0 atom stereocenters. The number of carboxylic acids is 1. The normalized spacial score (nSPS) is 15.8. The van der Waals surface area contributed by atoms with Crippen molar-refractivity contribution in [2.45, 2.75) is 11.8 Å². The zero-order valence-electron chi connectivity index (χ0n) is 15.2. The molecule has 8 nitrogen and oxygen atoms in total. The van der Waals surface area contributed by atoms with Gasteiger partial charge < -0.3 is 9.84 Å². The molecule has 1 saturated heterocycles. The molecule has 9 heteroatoms. The lowest BCUT2D eigenvalue weighted by atomic mass is 10.2. The fourth-order valence-corrected chi connectivity index (χ4v) is 4.87. The molecule has 0 amide bonds. The minimum atomic E-state index is -3.84. The third-order valence-electron chi connectivity index (χ3n) is 4.73. The quantitative estimate of drug-likeness (QED) is 0.718. The van der Waals surface area contributed by atoms with Gasteiger partial charge in [-0.1, -0.05) is 12.1 Å². The molecule has 0 bridgehead atoms. The molecule has 3 aromatic rings. The fourth-order valence-electron chi connectivity index (χ4n) is 3.39. The van der Waals surface area contributed by atoms with Gasteiger partial charge in [-0.15, -0.1) is 0 Å². The molecule has 146 valence electrons. The van der Waals surface area contributed by atoms with E-state index in [0.29, 0.717) is 24.7 Å². The van der Waals surface area contributed by atoms with Crippen LogP contribution in [0, 0.1) is 6.92 Å². The predicted molar refractivity (Wildman–Crippen MR) is 102 cm³/mol. The molecular formula is C19H19N3O5S. The number of carboxylic acid groups (broad SMARTS) is 1. The first-order valence-corrected chi connectivity index (χ1v) is 10.2. The van der Waals surface area contributed by atoms with Crippen LogP contribution >= 0.6 is 0 Å². The molecule has 4 rings (SSSR count). The van der Waals surface area contributed by atoms with E-state index in [2.05, 4.69) is 4.98 Å². The number of ether oxygens (including phenoxy) is 1. The van der Waals surface area contributed by atoms with Crippen LogP contribution < -0.4 is 0 Å². The number of morpholine rings is 1. The molecule has 1 aliphatic heterocycles. The molecular weight excluding hydrogens is 382 g/mol. The SMILES string of the molecule is Cc1nc2ccccc2n1-c1cc(C(=O)O)cc(S(=O)(=O)N2CCOCC2)c1. The molecule has 0 unspecified atom stereocenters.